The number of hydrogen-bond acceptors (Lipinski definition) is 3. The Morgan fingerprint density at radius 1 is 0.291 bits per heavy atom. The molecular formula is C110H101BN6. The van der Waals surface area contributed by atoms with Crippen LogP contribution >= 0.6 is 0 Å². The van der Waals surface area contributed by atoms with E-state index >= 15 is 0 Å². The van der Waals surface area contributed by atoms with E-state index in [-0.39, 0.29) is 32.5 Å². The van der Waals surface area contributed by atoms with Gasteiger partial charge < -0.3 is 18.9 Å². The molecule has 0 spiro atoms. The number of para-hydroxylation sites is 5. The fourth-order valence-electron chi connectivity index (χ4n) is 18.3. The van der Waals surface area contributed by atoms with Crippen molar-refractivity contribution in [3.05, 3.63) is 335 Å². The lowest BCUT2D eigenvalue weighted by atomic mass is 9.33. The second-order valence-electron chi connectivity index (χ2n) is 38.8. The van der Waals surface area contributed by atoms with Gasteiger partial charge in [-0.25, -0.2) is 4.85 Å². The largest absolute Gasteiger partial charge is 0.310 e. The lowest BCUT2D eigenvalue weighted by Gasteiger charge is -2.46. The van der Waals surface area contributed by atoms with Crippen LogP contribution in [0.5, 0.6) is 0 Å². The molecule has 0 atom stereocenters. The van der Waals surface area contributed by atoms with Crippen molar-refractivity contribution in [2.45, 2.75) is 157 Å². The van der Waals surface area contributed by atoms with Gasteiger partial charge in [-0.05, 0) is 207 Å². The zero-order valence-electron chi connectivity index (χ0n) is 70.9. The summed E-state index contributed by atoms with van der Waals surface area (Å²) in [6.45, 7) is 50.9. The Morgan fingerprint density at radius 2 is 0.624 bits per heavy atom. The SMILES string of the molecule is [C-]#[N+]c1ccccc1-c1cc(C(C)(C)C)cc(-c2cc(C(C)(C)C)cc(C(C)(C)C)c2)c1N1c2cc(-n3c4ccccc4c4ccccc43)ccc2B2c3ccc(-n4c5ccccc5c5ccccc54)cc3N(c3c(-c4cc(C(C)(C)C)cc(C(C)(C)C)c4)cc(C(C)(C)C)cc3-c3ccccc3C#N)c3cc(-c4ccccc4)cc1c32. The second-order valence-corrected chi connectivity index (χ2v) is 38.8. The molecule has 0 saturated carbocycles. The number of aromatic nitrogens is 2. The average Bonchev–Trinajstić information content (AvgIpc) is 1.25. The molecule has 0 amide bonds. The third-order valence-electron chi connectivity index (χ3n) is 24.8. The van der Waals surface area contributed by atoms with Gasteiger partial charge in [0.15, 0.2) is 5.69 Å². The van der Waals surface area contributed by atoms with Crippen molar-refractivity contribution >= 4 is 107 Å². The highest BCUT2D eigenvalue weighted by atomic mass is 15.2. The number of nitriles is 1. The van der Waals surface area contributed by atoms with Gasteiger partial charge in [-0.15, -0.1) is 0 Å². The quantitative estimate of drug-likeness (QED) is 0.107. The van der Waals surface area contributed by atoms with Crippen LogP contribution < -0.4 is 26.2 Å². The number of anilines is 6. The van der Waals surface area contributed by atoms with Crippen molar-refractivity contribution in [2.75, 3.05) is 9.80 Å². The molecule has 18 rings (SSSR count). The number of hydrogen-bond donors (Lipinski definition) is 0. The second kappa shape index (κ2) is 27.5. The van der Waals surface area contributed by atoms with Crippen LogP contribution in [0.1, 0.15) is 164 Å². The molecule has 14 aromatic carbocycles. The Bertz CT molecular complexity index is 6300. The van der Waals surface area contributed by atoms with Crippen LogP contribution in [0.25, 0.3) is 115 Å². The lowest BCUT2D eigenvalue weighted by molar-refractivity contribution is 0.568. The maximum Gasteiger partial charge on any atom is 0.252 e. The molecule has 0 radical (unpaired) electrons. The van der Waals surface area contributed by atoms with Gasteiger partial charge in [0.05, 0.1) is 51.6 Å². The van der Waals surface area contributed by atoms with E-state index in [1.54, 1.807) is 0 Å². The third kappa shape index (κ3) is 12.8. The van der Waals surface area contributed by atoms with E-state index < -0.39 is 6.71 Å². The Hall–Kier alpha value is -12.7. The predicted molar refractivity (Wildman–Crippen MR) is 499 cm³/mol. The fraction of sp³-hybridized carbons (Fsp3) is 0.218. The molecule has 4 heterocycles. The molecule has 0 unspecified atom stereocenters. The number of benzene rings is 14. The van der Waals surface area contributed by atoms with E-state index in [0.29, 0.717) is 11.3 Å². The highest BCUT2D eigenvalue weighted by Crippen LogP contribution is 2.58. The molecule has 16 aromatic rings. The number of nitrogens with zero attached hydrogens (tertiary/aromatic N) is 6. The van der Waals surface area contributed by atoms with Gasteiger partial charge >= 0.3 is 0 Å². The van der Waals surface area contributed by atoms with Crippen molar-refractivity contribution in [3.63, 3.8) is 0 Å². The summed E-state index contributed by atoms with van der Waals surface area (Å²) < 4.78 is 4.95. The van der Waals surface area contributed by atoms with Gasteiger partial charge in [0, 0.05) is 77.9 Å². The van der Waals surface area contributed by atoms with Crippen LogP contribution in [0.15, 0.2) is 285 Å². The van der Waals surface area contributed by atoms with Crippen LogP contribution in [-0.4, -0.2) is 15.8 Å². The molecule has 0 fully saturated rings. The molecule has 117 heavy (non-hydrogen) atoms. The highest BCUT2D eigenvalue weighted by molar-refractivity contribution is 7.00. The van der Waals surface area contributed by atoms with E-state index in [1.165, 1.54) is 43.8 Å². The normalized spacial score (nSPS) is 13.1. The minimum atomic E-state index is -0.395. The summed E-state index contributed by atoms with van der Waals surface area (Å²) in [6, 6.07) is 110. The maximum atomic E-state index is 11.8. The molecule has 2 aromatic heterocycles. The molecule has 0 aliphatic carbocycles. The molecule has 7 heteroatoms. The van der Waals surface area contributed by atoms with E-state index in [0.717, 1.165) is 151 Å². The molecule has 0 N–H and O–H groups in total. The Balaban J connectivity index is 1.09. The summed E-state index contributed by atoms with van der Waals surface area (Å²) in [5.41, 5.74) is 32.7. The predicted octanol–water partition coefficient (Wildman–Crippen LogP) is 28.5. The van der Waals surface area contributed by atoms with E-state index in [4.69, 9.17) is 0 Å². The van der Waals surface area contributed by atoms with Gasteiger partial charge in [0.1, 0.15) is 0 Å². The smallest absolute Gasteiger partial charge is 0.252 e. The van der Waals surface area contributed by atoms with Gasteiger partial charge in [-0.1, -0.05) is 319 Å². The Morgan fingerprint density at radius 3 is 1.01 bits per heavy atom. The van der Waals surface area contributed by atoms with Crippen molar-refractivity contribution < 1.29 is 0 Å². The van der Waals surface area contributed by atoms with Crippen molar-refractivity contribution in [1.29, 1.82) is 5.26 Å². The van der Waals surface area contributed by atoms with Gasteiger partial charge in [0.2, 0.25) is 0 Å². The summed E-state index contributed by atoms with van der Waals surface area (Å²) in [5, 5.41) is 16.5. The van der Waals surface area contributed by atoms with Crippen LogP contribution in [0, 0.1) is 17.9 Å². The molecule has 0 bridgehead atoms. The lowest BCUT2D eigenvalue weighted by Crippen LogP contribution is -2.61. The van der Waals surface area contributed by atoms with E-state index in [9.17, 15) is 11.8 Å². The molecular weight excluding hydrogens is 1420 g/mol. The van der Waals surface area contributed by atoms with Gasteiger partial charge in [-0.2, -0.15) is 5.26 Å². The first-order chi connectivity index (χ1) is 55.7. The number of rotatable bonds is 9. The van der Waals surface area contributed by atoms with E-state index in [1.807, 2.05) is 24.3 Å². The van der Waals surface area contributed by atoms with Crippen molar-refractivity contribution in [3.8, 4) is 73.1 Å². The molecule has 2 aliphatic rings. The monoisotopic (exact) mass is 1520 g/mol. The standard InChI is InChI=1S/C110H101BN6/c1-105(2,3)73-53-71(54-74(59-73)106(4,5)6)87-61-77(109(13,14)15)63-89(81-38-24-23-37-69(81)67-112)103(87)116-98-65-79(114-94-45-31-26-40-83(94)84-41-27-32-46-95(84)114)49-51-91(98)111-92-52-50-80(115-96-47-33-28-42-85(96)86-43-29-34-48-97(86)115)66-99(92)117(101-58-70(57-100(116)102(101)111)68-35-21-20-22-36-68)104-88(72-55-75(107(7,8)9)60-76(56-72)108(10,11)12)62-78(110(16,17)18)64-90(104)82-39-25-30-44-93(82)113-19/h20-66H,1-18H3. The Labute approximate surface area is 691 Å². The van der Waals surface area contributed by atoms with Crippen molar-refractivity contribution in [1.82, 2.24) is 9.13 Å². The zero-order valence-corrected chi connectivity index (χ0v) is 70.9. The fourth-order valence-corrected chi connectivity index (χ4v) is 18.3. The summed E-state index contributed by atoms with van der Waals surface area (Å²) in [6.07, 6.45) is 0. The first-order valence-corrected chi connectivity index (χ1v) is 41.5. The van der Waals surface area contributed by atoms with Crippen LogP contribution in [0.2, 0.25) is 0 Å². The summed E-state index contributed by atoms with van der Waals surface area (Å²) in [5.74, 6) is 0. The Kier molecular flexibility index (Phi) is 17.8. The third-order valence-corrected chi connectivity index (χ3v) is 24.8. The minimum absolute atomic E-state index is 0.236. The van der Waals surface area contributed by atoms with Gasteiger partial charge in [-0.3, -0.25) is 0 Å². The van der Waals surface area contributed by atoms with E-state index in [2.05, 4.69) is 415 Å². The molecule has 6 nitrogen and oxygen atoms in total. The van der Waals surface area contributed by atoms with Crippen LogP contribution in [0.4, 0.5) is 39.8 Å². The average molecular weight is 1520 g/mol. The van der Waals surface area contributed by atoms with Gasteiger partial charge in [0.25, 0.3) is 6.71 Å². The van der Waals surface area contributed by atoms with Crippen LogP contribution in [-0.2, 0) is 32.5 Å². The highest BCUT2D eigenvalue weighted by Gasteiger charge is 2.47. The molecule has 0 saturated heterocycles. The summed E-state index contributed by atoms with van der Waals surface area (Å²) >= 11 is 0. The number of fused-ring (bicyclic) bond motifs is 10. The summed E-state index contributed by atoms with van der Waals surface area (Å²) in [4.78, 5) is 9.81. The first kappa shape index (κ1) is 75.7. The minimum Gasteiger partial charge on any atom is -0.310 e. The summed E-state index contributed by atoms with van der Waals surface area (Å²) in [7, 11) is 0. The van der Waals surface area contributed by atoms with Crippen LogP contribution in [0.3, 0.4) is 0 Å². The maximum absolute atomic E-state index is 11.8. The molecule has 574 valence electrons. The molecule has 2 aliphatic heterocycles. The zero-order chi connectivity index (χ0) is 81.9. The van der Waals surface area contributed by atoms with Crippen molar-refractivity contribution in [2.24, 2.45) is 0 Å². The first-order valence-electron chi connectivity index (χ1n) is 41.5. The topological polar surface area (TPSA) is 44.5 Å².